The first-order valence-corrected chi connectivity index (χ1v) is 6.75. The van der Waals surface area contributed by atoms with E-state index in [-0.39, 0.29) is 5.97 Å². The predicted molar refractivity (Wildman–Crippen MR) is 73.4 cm³/mol. The van der Waals surface area contributed by atoms with Crippen LogP contribution in [0.2, 0.25) is 0 Å². The number of methoxy groups -OCH3 is 1. The van der Waals surface area contributed by atoms with E-state index in [1.165, 1.54) is 13.5 Å². The number of nitrogens with zero attached hydrogens (tertiary/aromatic N) is 3. The second-order valence-corrected chi connectivity index (χ2v) is 5.20. The Morgan fingerprint density at radius 2 is 2.00 bits per heavy atom. The number of anilines is 1. The summed E-state index contributed by atoms with van der Waals surface area (Å²) in [6.45, 7) is 6.21. The normalized spacial score (nSPS) is 23.3. The molecule has 2 rings (SSSR count). The molecule has 5 heteroatoms. The number of esters is 1. The lowest BCUT2D eigenvalue weighted by atomic mass is 9.98. The second-order valence-electron chi connectivity index (χ2n) is 5.20. The minimum absolute atomic E-state index is 0.385. The fraction of sp³-hybridized carbons (Fsp3) is 0.643. The van der Waals surface area contributed by atoms with Crippen LogP contribution >= 0.6 is 0 Å². The molecule has 1 aromatic heterocycles. The summed E-state index contributed by atoms with van der Waals surface area (Å²) in [6.07, 6.45) is 5.13. The third-order valence-corrected chi connectivity index (χ3v) is 3.80. The molecule has 0 bridgehead atoms. The first-order chi connectivity index (χ1) is 9.04. The summed E-state index contributed by atoms with van der Waals surface area (Å²) in [5.74, 6) is 0.327. The van der Waals surface area contributed by atoms with Crippen molar-refractivity contribution in [2.24, 2.45) is 0 Å². The Morgan fingerprint density at radius 3 is 2.53 bits per heavy atom. The summed E-state index contributed by atoms with van der Waals surface area (Å²) in [5.41, 5.74) is 1.10. The highest BCUT2D eigenvalue weighted by molar-refractivity contribution is 5.90. The smallest absolute Gasteiger partial charge is 0.341 e. The van der Waals surface area contributed by atoms with E-state index in [0.29, 0.717) is 29.3 Å². The quantitative estimate of drug-likeness (QED) is 0.767. The monoisotopic (exact) mass is 263 g/mol. The topological polar surface area (TPSA) is 55.3 Å². The molecule has 1 fully saturated rings. The first kappa shape index (κ1) is 13.8. The van der Waals surface area contributed by atoms with Crippen LogP contribution in [0, 0.1) is 6.92 Å². The van der Waals surface area contributed by atoms with E-state index in [2.05, 4.69) is 28.7 Å². The molecule has 0 unspecified atom stereocenters. The second kappa shape index (κ2) is 5.55. The maximum atomic E-state index is 11.5. The van der Waals surface area contributed by atoms with Gasteiger partial charge in [-0.1, -0.05) is 0 Å². The molecule has 5 nitrogen and oxygen atoms in total. The van der Waals surface area contributed by atoms with E-state index in [1.807, 2.05) is 6.92 Å². The zero-order valence-electron chi connectivity index (χ0n) is 12.0. The van der Waals surface area contributed by atoms with Crippen LogP contribution in [-0.2, 0) is 4.74 Å². The average molecular weight is 263 g/mol. The largest absolute Gasteiger partial charge is 0.465 e. The minimum atomic E-state index is -0.385. The molecule has 0 amide bonds. The number of hydrogen-bond acceptors (Lipinski definition) is 5. The molecule has 0 spiro atoms. The van der Waals surface area contributed by atoms with Gasteiger partial charge in [0.1, 0.15) is 0 Å². The van der Waals surface area contributed by atoms with Crippen LogP contribution in [0.4, 0.5) is 5.95 Å². The Hall–Kier alpha value is -1.65. The van der Waals surface area contributed by atoms with Gasteiger partial charge in [-0.25, -0.2) is 14.8 Å². The number of hydrogen-bond donors (Lipinski definition) is 0. The van der Waals surface area contributed by atoms with Gasteiger partial charge in [-0.05, 0) is 40.0 Å². The van der Waals surface area contributed by atoms with Crippen LogP contribution < -0.4 is 4.90 Å². The lowest BCUT2D eigenvalue weighted by molar-refractivity contribution is 0.0599. The Kier molecular flexibility index (Phi) is 4.02. The van der Waals surface area contributed by atoms with Crippen molar-refractivity contribution in [1.29, 1.82) is 0 Å². The number of piperidine rings is 1. The van der Waals surface area contributed by atoms with Crippen LogP contribution in [0.3, 0.4) is 0 Å². The van der Waals surface area contributed by atoms with Crippen molar-refractivity contribution in [3.05, 3.63) is 17.5 Å². The predicted octanol–water partition coefficient (Wildman–Crippen LogP) is 2.34. The highest BCUT2D eigenvalue weighted by Crippen LogP contribution is 2.26. The van der Waals surface area contributed by atoms with Crippen LogP contribution in [0.25, 0.3) is 0 Å². The van der Waals surface area contributed by atoms with Crippen LogP contribution in [-0.4, -0.2) is 35.1 Å². The van der Waals surface area contributed by atoms with Crippen molar-refractivity contribution in [3.63, 3.8) is 0 Å². The molecule has 1 saturated heterocycles. The number of aromatic nitrogens is 2. The van der Waals surface area contributed by atoms with Crippen molar-refractivity contribution in [2.75, 3.05) is 12.0 Å². The highest BCUT2D eigenvalue weighted by Gasteiger charge is 2.27. The molecule has 104 valence electrons. The average Bonchev–Trinajstić information content (AvgIpc) is 2.38. The third kappa shape index (κ3) is 2.69. The van der Waals surface area contributed by atoms with Gasteiger partial charge in [0, 0.05) is 18.3 Å². The number of rotatable bonds is 2. The summed E-state index contributed by atoms with van der Waals surface area (Å²) < 4.78 is 4.71. The van der Waals surface area contributed by atoms with Crippen molar-refractivity contribution < 1.29 is 9.53 Å². The third-order valence-electron chi connectivity index (χ3n) is 3.80. The molecule has 1 aromatic rings. The molecule has 2 atom stereocenters. The van der Waals surface area contributed by atoms with E-state index in [4.69, 9.17) is 4.74 Å². The molecule has 0 saturated carbocycles. The summed E-state index contributed by atoms with van der Waals surface area (Å²) >= 11 is 0. The van der Waals surface area contributed by atoms with Gasteiger partial charge in [-0.3, -0.25) is 0 Å². The molecule has 0 aromatic carbocycles. The van der Waals surface area contributed by atoms with Gasteiger partial charge in [0.25, 0.3) is 0 Å². The van der Waals surface area contributed by atoms with E-state index < -0.39 is 0 Å². The van der Waals surface area contributed by atoms with E-state index in [9.17, 15) is 4.79 Å². The maximum Gasteiger partial charge on any atom is 0.341 e. The molecule has 0 radical (unpaired) electrons. The summed E-state index contributed by atoms with van der Waals surface area (Å²) in [6, 6.07) is 0.874. The van der Waals surface area contributed by atoms with Crippen LogP contribution in [0.15, 0.2) is 6.20 Å². The van der Waals surface area contributed by atoms with Gasteiger partial charge in [-0.2, -0.15) is 0 Å². The summed E-state index contributed by atoms with van der Waals surface area (Å²) in [5, 5.41) is 0. The molecule has 19 heavy (non-hydrogen) atoms. The molecule has 1 aliphatic rings. The minimum Gasteiger partial charge on any atom is -0.465 e. The number of carbonyl (C=O) groups excluding carboxylic acids is 1. The molecular formula is C14H21N3O2. The molecular weight excluding hydrogens is 242 g/mol. The van der Waals surface area contributed by atoms with Crippen molar-refractivity contribution in [1.82, 2.24) is 9.97 Å². The molecule has 2 heterocycles. The Bertz CT molecular complexity index is 466. The molecule has 0 N–H and O–H groups in total. The standard InChI is InChI=1S/C14H21N3O2/c1-9-6-5-7-10(2)17(9)14-15-8-12(11(3)16-14)13(18)19-4/h8-10H,5-7H2,1-4H3/t9-,10+. The Morgan fingerprint density at radius 1 is 1.37 bits per heavy atom. The summed E-state index contributed by atoms with van der Waals surface area (Å²) in [7, 11) is 1.37. The van der Waals surface area contributed by atoms with Crippen molar-refractivity contribution >= 4 is 11.9 Å². The van der Waals surface area contributed by atoms with Crippen LogP contribution in [0.5, 0.6) is 0 Å². The Labute approximate surface area is 114 Å². The van der Waals surface area contributed by atoms with Crippen molar-refractivity contribution in [3.8, 4) is 0 Å². The van der Waals surface area contributed by atoms with E-state index in [0.717, 1.165) is 12.8 Å². The van der Waals surface area contributed by atoms with Crippen LogP contribution in [0.1, 0.15) is 49.2 Å². The fourth-order valence-electron chi connectivity index (χ4n) is 2.71. The number of aryl methyl sites for hydroxylation is 1. The lowest BCUT2D eigenvalue weighted by Gasteiger charge is -2.39. The zero-order chi connectivity index (χ0) is 14.0. The summed E-state index contributed by atoms with van der Waals surface area (Å²) in [4.78, 5) is 22.6. The van der Waals surface area contributed by atoms with Gasteiger partial charge in [0.2, 0.25) is 5.95 Å². The van der Waals surface area contributed by atoms with Gasteiger partial charge >= 0.3 is 5.97 Å². The maximum absolute atomic E-state index is 11.5. The highest BCUT2D eigenvalue weighted by atomic mass is 16.5. The molecule has 1 aliphatic heterocycles. The van der Waals surface area contributed by atoms with E-state index >= 15 is 0 Å². The van der Waals surface area contributed by atoms with E-state index in [1.54, 1.807) is 6.20 Å². The zero-order valence-corrected chi connectivity index (χ0v) is 12.0. The van der Waals surface area contributed by atoms with Gasteiger partial charge in [-0.15, -0.1) is 0 Å². The number of carbonyl (C=O) groups is 1. The van der Waals surface area contributed by atoms with Gasteiger partial charge < -0.3 is 9.64 Å². The fourth-order valence-corrected chi connectivity index (χ4v) is 2.71. The number of ether oxygens (including phenoxy) is 1. The Balaban J connectivity index is 2.30. The van der Waals surface area contributed by atoms with Gasteiger partial charge in [0.15, 0.2) is 0 Å². The van der Waals surface area contributed by atoms with Gasteiger partial charge in [0.05, 0.1) is 18.4 Å². The lowest BCUT2D eigenvalue weighted by Crippen LogP contribution is -2.45. The SMILES string of the molecule is COC(=O)c1cnc(N2[C@H](C)CCC[C@@H]2C)nc1C. The van der Waals surface area contributed by atoms with Crippen molar-refractivity contribution in [2.45, 2.75) is 52.1 Å². The first-order valence-electron chi connectivity index (χ1n) is 6.75. The molecule has 0 aliphatic carbocycles.